The SMILES string of the molecule is COc1ccc(C2C(CO)OCCN2C(=O)CCc2ccc(F)cc2F)cc1OC. The van der Waals surface area contributed by atoms with Crippen molar-refractivity contribution in [2.75, 3.05) is 34.0 Å². The summed E-state index contributed by atoms with van der Waals surface area (Å²) in [5.74, 6) is -0.494. The largest absolute Gasteiger partial charge is 0.493 e. The average Bonchev–Trinajstić information content (AvgIpc) is 2.77. The molecule has 1 amide bonds. The minimum atomic E-state index is -0.672. The lowest BCUT2D eigenvalue weighted by molar-refractivity contribution is -0.149. The van der Waals surface area contributed by atoms with Gasteiger partial charge < -0.3 is 24.2 Å². The molecule has 0 aromatic heterocycles. The summed E-state index contributed by atoms with van der Waals surface area (Å²) in [6.45, 7) is 0.349. The number of carbonyl (C=O) groups excluding carboxylic acids is 1. The predicted octanol–water partition coefficient (Wildman–Crippen LogP) is 2.88. The van der Waals surface area contributed by atoms with E-state index in [0.29, 0.717) is 18.0 Å². The number of benzene rings is 2. The molecule has 0 aliphatic carbocycles. The highest BCUT2D eigenvalue weighted by Gasteiger charge is 2.36. The lowest BCUT2D eigenvalue weighted by Crippen LogP contribution is -2.49. The Morgan fingerprint density at radius 3 is 2.60 bits per heavy atom. The van der Waals surface area contributed by atoms with E-state index in [4.69, 9.17) is 14.2 Å². The molecule has 2 aromatic carbocycles. The van der Waals surface area contributed by atoms with Crippen LogP contribution >= 0.6 is 0 Å². The number of amides is 1. The summed E-state index contributed by atoms with van der Waals surface area (Å²) < 4.78 is 43.3. The number of carbonyl (C=O) groups is 1. The van der Waals surface area contributed by atoms with E-state index in [-0.39, 0.29) is 37.5 Å². The first-order chi connectivity index (χ1) is 14.5. The van der Waals surface area contributed by atoms with Crippen molar-refractivity contribution in [1.82, 2.24) is 4.90 Å². The zero-order valence-electron chi connectivity index (χ0n) is 16.9. The Hall–Kier alpha value is -2.71. The van der Waals surface area contributed by atoms with Crippen molar-refractivity contribution in [2.45, 2.75) is 25.0 Å². The normalized spacial score (nSPS) is 18.9. The molecular formula is C22H25F2NO5. The van der Waals surface area contributed by atoms with Gasteiger partial charge in [0.1, 0.15) is 17.7 Å². The molecule has 6 nitrogen and oxygen atoms in total. The zero-order chi connectivity index (χ0) is 21.7. The van der Waals surface area contributed by atoms with Gasteiger partial charge in [-0.3, -0.25) is 4.79 Å². The molecule has 3 rings (SSSR count). The molecule has 2 aromatic rings. The van der Waals surface area contributed by atoms with Gasteiger partial charge in [0.2, 0.25) is 5.91 Å². The number of morpholine rings is 1. The quantitative estimate of drug-likeness (QED) is 0.745. The molecule has 1 aliphatic heterocycles. The van der Waals surface area contributed by atoms with Crippen LogP contribution in [0.2, 0.25) is 0 Å². The van der Waals surface area contributed by atoms with Crippen LogP contribution in [0.1, 0.15) is 23.6 Å². The molecule has 1 heterocycles. The second-order valence-corrected chi connectivity index (χ2v) is 6.97. The fourth-order valence-electron chi connectivity index (χ4n) is 3.71. The van der Waals surface area contributed by atoms with Gasteiger partial charge in [0.05, 0.1) is 33.5 Å². The number of aliphatic hydroxyl groups is 1. The van der Waals surface area contributed by atoms with Crippen molar-refractivity contribution in [3.63, 3.8) is 0 Å². The van der Waals surface area contributed by atoms with Crippen LogP contribution in [-0.4, -0.2) is 56.0 Å². The van der Waals surface area contributed by atoms with E-state index in [2.05, 4.69) is 0 Å². The number of rotatable bonds is 7. The molecule has 30 heavy (non-hydrogen) atoms. The lowest BCUT2D eigenvalue weighted by Gasteiger charge is -2.41. The lowest BCUT2D eigenvalue weighted by atomic mass is 9.97. The molecular weight excluding hydrogens is 396 g/mol. The molecule has 2 unspecified atom stereocenters. The Kier molecular flexibility index (Phi) is 7.23. The minimum absolute atomic E-state index is 0.0461. The maximum Gasteiger partial charge on any atom is 0.223 e. The first kappa shape index (κ1) is 22.0. The Labute approximate surface area is 174 Å². The van der Waals surface area contributed by atoms with E-state index >= 15 is 0 Å². The van der Waals surface area contributed by atoms with Crippen LogP contribution in [0.25, 0.3) is 0 Å². The van der Waals surface area contributed by atoms with E-state index in [0.717, 1.165) is 11.6 Å². The first-order valence-electron chi connectivity index (χ1n) is 9.66. The Bertz CT molecular complexity index is 892. The molecule has 2 atom stereocenters. The van der Waals surface area contributed by atoms with Crippen LogP contribution in [0.4, 0.5) is 8.78 Å². The van der Waals surface area contributed by atoms with Crippen LogP contribution in [0.15, 0.2) is 36.4 Å². The van der Waals surface area contributed by atoms with Gasteiger partial charge in [-0.1, -0.05) is 12.1 Å². The average molecular weight is 421 g/mol. The summed E-state index contributed by atoms with van der Waals surface area (Å²) in [5.41, 5.74) is 1.01. The van der Waals surface area contributed by atoms with Crippen LogP contribution in [0.3, 0.4) is 0 Å². The molecule has 0 radical (unpaired) electrons. The molecule has 0 bridgehead atoms. The summed E-state index contributed by atoms with van der Waals surface area (Å²) in [5, 5.41) is 9.82. The van der Waals surface area contributed by atoms with Crippen molar-refractivity contribution < 1.29 is 32.9 Å². The van der Waals surface area contributed by atoms with Crippen LogP contribution in [0.5, 0.6) is 11.5 Å². The fraction of sp³-hybridized carbons (Fsp3) is 0.409. The van der Waals surface area contributed by atoms with Crippen molar-refractivity contribution in [3.05, 3.63) is 59.2 Å². The second-order valence-electron chi connectivity index (χ2n) is 6.97. The van der Waals surface area contributed by atoms with Gasteiger partial charge in [-0.25, -0.2) is 8.78 Å². The van der Waals surface area contributed by atoms with Gasteiger partial charge in [0, 0.05) is 19.0 Å². The number of hydrogen-bond donors (Lipinski definition) is 1. The summed E-state index contributed by atoms with van der Waals surface area (Å²) in [6.07, 6.45) is -0.418. The monoisotopic (exact) mass is 421 g/mol. The van der Waals surface area contributed by atoms with Crippen molar-refractivity contribution >= 4 is 5.91 Å². The third-order valence-electron chi connectivity index (χ3n) is 5.22. The Morgan fingerprint density at radius 1 is 1.17 bits per heavy atom. The zero-order valence-corrected chi connectivity index (χ0v) is 16.9. The van der Waals surface area contributed by atoms with Gasteiger partial charge in [-0.2, -0.15) is 0 Å². The van der Waals surface area contributed by atoms with E-state index in [1.54, 1.807) is 23.1 Å². The van der Waals surface area contributed by atoms with E-state index in [1.807, 2.05) is 0 Å². The highest BCUT2D eigenvalue weighted by atomic mass is 19.1. The third kappa shape index (κ3) is 4.71. The molecule has 1 saturated heterocycles. The smallest absolute Gasteiger partial charge is 0.223 e. The van der Waals surface area contributed by atoms with Crippen molar-refractivity contribution in [2.24, 2.45) is 0 Å². The van der Waals surface area contributed by atoms with Crippen molar-refractivity contribution in [3.8, 4) is 11.5 Å². The maximum atomic E-state index is 13.9. The van der Waals surface area contributed by atoms with Gasteiger partial charge in [-0.05, 0) is 35.7 Å². The molecule has 8 heteroatoms. The Morgan fingerprint density at radius 2 is 1.93 bits per heavy atom. The van der Waals surface area contributed by atoms with E-state index < -0.39 is 23.8 Å². The topological polar surface area (TPSA) is 68.2 Å². The number of aryl methyl sites for hydroxylation is 1. The maximum absolute atomic E-state index is 13.9. The summed E-state index contributed by atoms with van der Waals surface area (Å²) in [4.78, 5) is 14.6. The standard InChI is InChI=1S/C22H25F2NO5/c1-28-18-7-4-15(11-19(18)29-2)22-20(13-26)30-10-9-25(22)21(27)8-5-14-3-6-16(23)12-17(14)24/h3-4,6-7,11-12,20,22,26H,5,8-10,13H2,1-2H3. The fourth-order valence-corrected chi connectivity index (χ4v) is 3.71. The number of hydrogen-bond acceptors (Lipinski definition) is 5. The van der Waals surface area contributed by atoms with Gasteiger partial charge in [0.15, 0.2) is 11.5 Å². The number of methoxy groups -OCH3 is 2. The number of nitrogens with zero attached hydrogens (tertiary/aromatic N) is 1. The highest BCUT2D eigenvalue weighted by Crippen LogP contribution is 2.36. The van der Waals surface area contributed by atoms with E-state index in [1.165, 1.54) is 26.4 Å². The number of halogens is 2. The van der Waals surface area contributed by atoms with Crippen LogP contribution in [0, 0.1) is 11.6 Å². The van der Waals surface area contributed by atoms with E-state index in [9.17, 15) is 18.7 Å². The second kappa shape index (κ2) is 9.86. The molecule has 0 saturated carbocycles. The number of ether oxygens (including phenoxy) is 3. The molecule has 162 valence electrons. The molecule has 1 aliphatic rings. The van der Waals surface area contributed by atoms with Gasteiger partial charge in [-0.15, -0.1) is 0 Å². The molecule has 0 spiro atoms. The van der Waals surface area contributed by atoms with Crippen molar-refractivity contribution in [1.29, 1.82) is 0 Å². The summed E-state index contributed by atoms with van der Waals surface area (Å²) >= 11 is 0. The third-order valence-corrected chi connectivity index (χ3v) is 5.22. The Balaban J connectivity index is 1.83. The predicted molar refractivity (Wildman–Crippen MR) is 106 cm³/mol. The summed E-state index contributed by atoms with van der Waals surface area (Å²) in [7, 11) is 3.05. The minimum Gasteiger partial charge on any atom is -0.493 e. The number of aliphatic hydroxyl groups excluding tert-OH is 1. The molecule has 1 N–H and O–H groups in total. The molecule has 1 fully saturated rings. The van der Waals surface area contributed by atoms with Crippen LogP contribution < -0.4 is 9.47 Å². The first-order valence-corrected chi connectivity index (χ1v) is 9.66. The van der Waals surface area contributed by atoms with Gasteiger partial charge in [0.25, 0.3) is 0 Å². The summed E-state index contributed by atoms with van der Waals surface area (Å²) in [6, 6.07) is 8.07. The van der Waals surface area contributed by atoms with Crippen LogP contribution in [-0.2, 0) is 16.0 Å². The highest BCUT2D eigenvalue weighted by molar-refractivity contribution is 5.77. The van der Waals surface area contributed by atoms with Gasteiger partial charge >= 0.3 is 0 Å².